The number of para-hydroxylation sites is 1. The number of nitrogens with zero attached hydrogens (tertiary/aromatic N) is 3. The molecule has 0 saturated carbocycles. The summed E-state index contributed by atoms with van der Waals surface area (Å²) >= 11 is 0. The van der Waals surface area contributed by atoms with E-state index in [9.17, 15) is 15.0 Å². The molecule has 2 aromatic rings. The fraction of sp³-hybridized carbons (Fsp3) is 0.545. The minimum atomic E-state index is -0.610. The van der Waals surface area contributed by atoms with Crippen LogP contribution in [0.2, 0.25) is 0 Å². The highest BCUT2D eigenvalue weighted by atomic mass is 16.3. The zero-order valence-corrected chi connectivity index (χ0v) is 17.1. The summed E-state index contributed by atoms with van der Waals surface area (Å²) in [5.74, 6) is 0.0274. The van der Waals surface area contributed by atoms with Crippen LogP contribution < -0.4 is 0 Å². The Bertz CT molecular complexity index is 818. The Hall–Kier alpha value is -2.18. The number of benzene rings is 1. The third kappa shape index (κ3) is 3.84. The summed E-state index contributed by atoms with van der Waals surface area (Å²) in [4.78, 5) is 14.9. The van der Waals surface area contributed by atoms with E-state index < -0.39 is 11.5 Å². The summed E-state index contributed by atoms with van der Waals surface area (Å²) in [6.45, 7) is 6.79. The molecule has 1 saturated heterocycles. The van der Waals surface area contributed by atoms with Crippen LogP contribution in [0.3, 0.4) is 0 Å². The van der Waals surface area contributed by atoms with Gasteiger partial charge in [-0.05, 0) is 38.8 Å². The van der Waals surface area contributed by atoms with E-state index in [-0.39, 0.29) is 18.9 Å². The van der Waals surface area contributed by atoms with Gasteiger partial charge in [-0.3, -0.25) is 4.79 Å². The molecule has 1 aromatic carbocycles. The van der Waals surface area contributed by atoms with Crippen LogP contribution in [0.5, 0.6) is 0 Å². The largest absolute Gasteiger partial charge is 0.396 e. The standard InChI is InChI=1S/C22H31N3O3/c1-4-11-22(15-26)14-24(12-10-20(22)27)21(28)13-19-16(2)23-25(17(19)3)18-8-6-5-7-9-18/h5-9,20,26-27H,4,10-15H2,1-3H3/t20-,22-/m0/s1. The van der Waals surface area contributed by atoms with Crippen molar-refractivity contribution in [1.29, 1.82) is 0 Å². The zero-order valence-electron chi connectivity index (χ0n) is 17.1. The lowest BCUT2D eigenvalue weighted by atomic mass is 9.74. The first-order valence-electron chi connectivity index (χ1n) is 10.1. The molecule has 0 unspecified atom stereocenters. The Labute approximate surface area is 166 Å². The zero-order chi connectivity index (χ0) is 20.3. The first-order chi connectivity index (χ1) is 13.4. The number of aliphatic hydroxyl groups excluding tert-OH is 2. The molecule has 6 nitrogen and oxygen atoms in total. The van der Waals surface area contributed by atoms with Gasteiger partial charge in [0.2, 0.25) is 5.91 Å². The molecule has 28 heavy (non-hydrogen) atoms. The number of likely N-dealkylation sites (tertiary alicyclic amines) is 1. The topological polar surface area (TPSA) is 78.6 Å². The number of hydrogen-bond acceptors (Lipinski definition) is 4. The van der Waals surface area contributed by atoms with Crippen molar-refractivity contribution in [2.24, 2.45) is 5.41 Å². The molecular weight excluding hydrogens is 354 g/mol. The van der Waals surface area contributed by atoms with Gasteiger partial charge in [-0.15, -0.1) is 0 Å². The second kappa shape index (κ2) is 8.45. The normalized spacial score (nSPS) is 22.5. The lowest BCUT2D eigenvalue weighted by Gasteiger charge is -2.45. The predicted octanol–water partition coefficient (Wildman–Crippen LogP) is 2.40. The first-order valence-corrected chi connectivity index (χ1v) is 10.1. The number of amides is 1. The van der Waals surface area contributed by atoms with Crippen molar-refractivity contribution in [3.8, 4) is 5.69 Å². The van der Waals surface area contributed by atoms with Gasteiger partial charge in [0, 0.05) is 29.8 Å². The maximum Gasteiger partial charge on any atom is 0.227 e. The van der Waals surface area contributed by atoms with Gasteiger partial charge in [0.1, 0.15) is 0 Å². The Kier molecular flexibility index (Phi) is 6.20. The maximum atomic E-state index is 13.1. The first kappa shape index (κ1) is 20.6. The van der Waals surface area contributed by atoms with E-state index >= 15 is 0 Å². The van der Waals surface area contributed by atoms with Crippen molar-refractivity contribution in [3.05, 3.63) is 47.3 Å². The van der Waals surface area contributed by atoms with Crippen LogP contribution in [0.25, 0.3) is 5.69 Å². The summed E-state index contributed by atoms with van der Waals surface area (Å²) in [6.07, 6.45) is 1.80. The second-order valence-electron chi connectivity index (χ2n) is 7.96. The smallest absolute Gasteiger partial charge is 0.227 e. The van der Waals surface area contributed by atoms with Gasteiger partial charge in [0.15, 0.2) is 0 Å². The minimum Gasteiger partial charge on any atom is -0.396 e. The molecule has 152 valence electrons. The van der Waals surface area contributed by atoms with E-state index in [1.54, 1.807) is 4.90 Å². The van der Waals surface area contributed by atoms with Crippen LogP contribution in [0.4, 0.5) is 0 Å². The molecule has 6 heteroatoms. The van der Waals surface area contributed by atoms with Crippen LogP contribution in [-0.2, 0) is 11.2 Å². The fourth-order valence-electron chi connectivity index (χ4n) is 4.35. The Morgan fingerprint density at radius 2 is 2.00 bits per heavy atom. The molecule has 1 fully saturated rings. The van der Waals surface area contributed by atoms with E-state index in [1.165, 1.54) is 0 Å². The van der Waals surface area contributed by atoms with Gasteiger partial charge in [-0.1, -0.05) is 31.5 Å². The molecule has 2 atom stereocenters. The van der Waals surface area contributed by atoms with Crippen molar-refractivity contribution in [3.63, 3.8) is 0 Å². The Balaban J connectivity index is 1.79. The molecular formula is C22H31N3O3. The van der Waals surface area contributed by atoms with Crippen LogP contribution in [0.1, 0.15) is 43.1 Å². The predicted molar refractivity (Wildman–Crippen MR) is 108 cm³/mol. The molecule has 1 aliphatic rings. The third-order valence-electron chi connectivity index (χ3n) is 6.07. The van der Waals surface area contributed by atoms with E-state index in [0.717, 1.165) is 29.1 Å². The van der Waals surface area contributed by atoms with Gasteiger partial charge in [0.05, 0.1) is 30.5 Å². The average molecular weight is 386 g/mol. The van der Waals surface area contributed by atoms with Crippen molar-refractivity contribution in [2.75, 3.05) is 19.7 Å². The summed E-state index contributed by atoms with van der Waals surface area (Å²) < 4.78 is 1.88. The number of hydrogen-bond donors (Lipinski definition) is 2. The van der Waals surface area contributed by atoms with Gasteiger partial charge in [-0.25, -0.2) is 4.68 Å². The van der Waals surface area contributed by atoms with Crippen molar-refractivity contribution < 1.29 is 15.0 Å². The molecule has 1 amide bonds. The molecule has 1 aromatic heterocycles. The van der Waals surface area contributed by atoms with Crippen LogP contribution in [0.15, 0.2) is 30.3 Å². The summed E-state index contributed by atoms with van der Waals surface area (Å²) in [5.41, 5.74) is 3.14. The number of carbonyl (C=O) groups is 1. The lowest BCUT2D eigenvalue weighted by molar-refractivity contribution is -0.141. The number of aryl methyl sites for hydroxylation is 1. The van der Waals surface area contributed by atoms with E-state index in [0.29, 0.717) is 25.9 Å². The monoisotopic (exact) mass is 385 g/mol. The second-order valence-corrected chi connectivity index (χ2v) is 7.96. The Morgan fingerprint density at radius 1 is 1.29 bits per heavy atom. The van der Waals surface area contributed by atoms with Crippen LogP contribution in [-0.4, -0.2) is 56.6 Å². The maximum absolute atomic E-state index is 13.1. The number of aromatic nitrogens is 2. The van der Waals surface area contributed by atoms with E-state index in [1.807, 2.05) is 55.8 Å². The molecule has 2 heterocycles. The van der Waals surface area contributed by atoms with Crippen LogP contribution >= 0.6 is 0 Å². The summed E-state index contributed by atoms with van der Waals surface area (Å²) in [5, 5.41) is 25.0. The number of carbonyl (C=O) groups excluding carboxylic acids is 1. The van der Waals surface area contributed by atoms with Gasteiger partial charge >= 0.3 is 0 Å². The van der Waals surface area contributed by atoms with Crippen molar-refractivity contribution in [2.45, 2.75) is 52.6 Å². The van der Waals surface area contributed by atoms with Gasteiger partial charge in [-0.2, -0.15) is 5.10 Å². The highest BCUT2D eigenvalue weighted by Gasteiger charge is 2.43. The molecule has 3 rings (SSSR count). The molecule has 0 spiro atoms. The quantitative estimate of drug-likeness (QED) is 0.800. The molecule has 0 bridgehead atoms. The summed E-state index contributed by atoms with van der Waals surface area (Å²) in [6, 6.07) is 9.90. The third-order valence-corrected chi connectivity index (χ3v) is 6.07. The number of rotatable bonds is 6. The number of piperidine rings is 1. The minimum absolute atomic E-state index is 0.0274. The fourth-order valence-corrected chi connectivity index (χ4v) is 4.35. The lowest BCUT2D eigenvalue weighted by Crippen LogP contribution is -2.55. The average Bonchev–Trinajstić information content (AvgIpc) is 2.98. The number of aliphatic hydroxyl groups is 2. The van der Waals surface area contributed by atoms with Crippen LogP contribution in [0, 0.1) is 19.3 Å². The summed E-state index contributed by atoms with van der Waals surface area (Å²) in [7, 11) is 0. The molecule has 2 N–H and O–H groups in total. The van der Waals surface area contributed by atoms with Crippen molar-refractivity contribution in [1.82, 2.24) is 14.7 Å². The van der Waals surface area contributed by atoms with Crippen molar-refractivity contribution >= 4 is 5.91 Å². The highest BCUT2D eigenvalue weighted by molar-refractivity contribution is 5.79. The molecule has 1 aliphatic heterocycles. The highest BCUT2D eigenvalue weighted by Crippen LogP contribution is 2.35. The van der Waals surface area contributed by atoms with Gasteiger partial charge < -0.3 is 15.1 Å². The van der Waals surface area contributed by atoms with E-state index in [4.69, 9.17) is 0 Å². The Morgan fingerprint density at radius 3 is 2.64 bits per heavy atom. The SMILES string of the molecule is CCC[C@@]1(CO)CN(C(=O)Cc2c(C)nn(-c3ccccc3)c2C)CC[C@@H]1O. The molecule has 0 radical (unpaired) electrons. The molecule has 0 aliphatic carbocycles. The van der Waals surface area contributed by atoms with E-state index in [2.05, 4.69) is 5.10 Å². The van der Waals surface area contributed by atoms with Gasteiger partial charge in [0.25, 0.3) is 0 Å².